The first-order valence-corrected chi connectivity index (χ1v) is 9.93. The van der Waals surface area contributed by atoms with Crippen molar-refractivity contribution in [1.82, 2.24) is 20.1 Å². The molecule has 1 aliphatic carbocycles. The zero-order valence-corrected chi connectivity index (χ0v) is 15.1. The van der Waals surface area contributed by atoms with Gasteiger partial charge in [-0.15, -0.1) is 0 Å². The lowest BCUT2D eigenvalue weighted by molar-refractivity contribution is -0.127. The molecular weight excluding hydrogens is 312 g/mol. The maximum atomic E-state index is 12.4. The average Bonchev–Trinajstić information content (AvgIpc) is 3.47. The van der Waals surface area contributed by atoms with Gasteiger partial charge in [-0.2, -0.15) is 0 Å². The molecule has 1 saturated carbocycles. The predicted octanol–water partition coefficient (Wildman–Crippen LogP) is 2.04. The molecule has 0 radical (unpaired) electrons. The molecule has 1 aromatic rings. The van der Waals surface area contributed by atoms with Crippen LogP contribution in [0.5, 0.6) is 0 Å². The standard InChI is InChI=1S/C20H30N4O/c25-20(22-18-3-4-18)17-2-1-11-24(15-17)19-7-12-23(13-8-19)14-16-5-9-21-10-6-16/h5-6,9-10,17-19H,1-4,7-8,11-15H2,(H,22,25)/t17-/m1/s1. The molecule has 1 aromatic heterocycles. The monoisotopic (exact) mass is 342 g/mol. The van der Waals surface area contributed by atoms with Crippen LogP contribution in [0, 0.1) is 5.92 Å². The Morgan fingerprint density at radius 1 is 1.08 bits per heavy atom. The second kappa shape index (κ2) is 7.83. The Bertz CT molecular complexity index is 566. The number of hydrogen-bond donors (Lipinski definition) is 1. The summed E-state index contributed by atoms with van der Waals surface area (Å²) in [5.74, 6) is 0.520. The summed E-state index contributed by atoms with van der Waals surface area (Å²) >= 11 is 0. The Morgan fingerprint density at radius 3 is 2.56 bits per heavy atom. The van der Waals surface area contributed by atoms with E-state index in [4.69, 9.17) is 0 Å². The molecule has 5 heteroatoms. The van der Waals surface area contributed by atoms with Crippen molar-refractivity contribution in [1.29, 1.82) is 0 Å². The number of likely N-dealkylation sites (tertiary alicyclic amines) is 2. The molecule has 5 nitrogen and oxygen atoms in total. The first-order valence-electron chi connectivity index (χ1n) is 9.93. The summed E-state index contributed by atoms with van der Waals surface area (Å²) in [6.07, 6.45) is 10.8. The van der Waals surface area contributed by atoms with E-state index >= 15 is 0 Å². The van der Waals surface area contributed by atoms with E-state index < -0.39 is 0 Å². The fourth-order valence-corrected chi connectivity index (χ4v) is 4.29. The minimum absolute atomic E-state index is 0.212. The summed E-state index contributed by atoms with van der Waals surface area (Å²) in [4.78, 5) is 21.6. The Kier molecular flexibility index (Phi) is 5.32. The molecule has 3 heterocycles. The van der Waals surface area contributed by atoms with Gasteiger partial charge in [-0.3, -0.25) is 19.6 Å². The third-order valence-electron chi connectivity index (χ3n) is 5.98. The fraction of sp³-hybridized carbons (Fsp3) is 0.700. The highest BCUT2D eigenvalue weighted by Crippen LogP contribution is 2.26. The predicted molar refractivity (Wildman–Crippen MR) is 98.0 cm³/mol. The van der Waals surface area contributed by atoms with Gasteiger partial charge in [0.05, 0.1) is 5.92 Å². The smallest absolute Gasteiger partial charge is 0.224 e. The molecule has 3 fully saturated rings. The molecule has 3 aliphatic rings. The first kappa shape index (κ1) is 17.0. The van der Waals surface area contributed by atoms with E-state index in [0.29, 0.717) is 18.0 Å². The molecule has 2 aliphatic heterocycles. The van der Waals surface area contributed by atoms with Crippen molar-refractivity contribution in [3.05, 3.63) is 30.1 Å². The van der Waals surface area contributed by atoms with Crippen LogP contribution >= 0.6 is 0 Å². The van der Waals surface area contributed by atoms with E-state index in [-0.39, 0.29) is 5.92 Å². The molecule has 2 saturated heterocycles. The molecule has 0 bridgehead atoms. The van der Waals surface area contributed by atoms with Gasteiger partial charge >= 0.3 is 0 Å². The van der Waals surface area contributed by atoms with Crippen molar-refractivity contribution in [2.75, 3.05) is 26.2 Å². The Labute approximate surface area is 150 Å². The van der Waals surface area contributed by atoms with Gasteiger partial charge in [-0.05, 0) is 75.9 Å². The van der Waals surface area contributed by atoms with Gasteiger partial charge in [0.1, 0.15) is 0 Å². The minimum Gasteiger partial charge on any atom is -0.353 e. The Balaban J connectivity index is 1.24. The van der Waals surface area contributed by atoms with E-state index in [9.17, 15) is 4.79 Å². The number of hydrogen-bond acceptors (Lipinski definition) is 4. The summed E-state index contributed by atoms with van der Waals surface area (Å²) in [6, 6.07) is 5.36. The topological polar surface area (TPSA) is 48.5 Å². The number of rotatable bonds is 5. The highest BCUT2D eigenvalue weighted by molar-refractivity contribution is 5.79. The summed E-state index contributed by atoms with van der Waals surface area (Å²) in [5.41, 5.74) is 1.35. The number of carbonyl (C=O) groups is 1. The largest absolute Gasteiger partial charge is 0.353 e. The third-order valence-corrected chi connectivity index (χ3v) is 5.98. The Hall–Kier alpha value is -1.46. The minimum atomic E-state index is 0.212. The van der Waals surface area contributed by atoms with Gasteiger partial charge in [0.25, 0.3) is 0 Å². The molecule has 1 amide bonds. The van der Waals surface area contributed by atoms with Gasteiger partial charge in [-0.25, -0.2) is 0 Å². The van der Waals surface area contributed by atoms with Crippen LogP contribution in [0.3, 0.4) is 0 Å². The molecule has 0 unspecified atom stereocenters. The molecule has 136 valence electrons. The van der Waals surface area contributed by atoms with E-state index in [1.807, 2.05) is 12.4 Å². The molecular formula is C20H30N4O. The lowest BCUT2D eigenvalue weighted by Gasteiger charge is -2.42. The van der Waals surface area contributed by atoms with Gasteiger partial charge in [0.15, 0.2) is 0 Å². The van der Waals surface area contributed by atoms with Gasteiger partial charge in [0.2, 0.25) is 5.91 Å². The molecule has 1 N–H and O–H groups in total. The van der Waals surface area contributed by atoms with Crippen molar-refractivity contribution in [3.8, 4) is 0 Å². The summed E-state index contributed by atoms with van der Waals surface area (Å²) in [6.45, 7) is 5.47. The van der Waals surface area contributed by atoms with Crippen molar-refractivity contribution >= 4 is 5.91 Å². The molecule has 4 rings (SSSR count). The van der Waals surface area contributed by atoms with Crippen LogP contribution < -0.4 is 5.32 Å². The summed E-state index contributed by atoms with van der Waals surface area (Å²) in [5, 5.41) is 3.20. The number of nitrogens with one attached hydrogen (secondary N) is 1. The second-order valence-electron chi connectivity index (χ2n) is 7.98. The number of piperidine rings is 2. The quantitative estimate of drug-likeness (QED) is 0.890. The lowest BCUT2D eigenvalue weighted by atomic mass is 9.93. The number of carbonyl (C=O) groups excluding carboxylic acids is 1. The van der Waals surface area contributed by atoms with Crippen LogP contribution in [0.4, 0.5) is 0 Å². The van der Waals surface area contributed by atoms with E-state index in [2.05, 4.69) is 32.2 Å². The average molecular weight is 342 g/mol. The van der Waals surface area contributed by atoms with E-state index in [0.717, 1.165) is 32.6 Å². The number of pyridine rings is 1. The maximum Gasteiger partial charge on any atom is 0.224 e. The van der Waals surface area contributed by atoms with Crippen LogP contribution in [-0.4, -0.2) is 59.0 Å². The molecule has 25 heavy (non-hydrogen) atoms. The van der Waals surface area contributed by atoms with Crippen molar-refractivity contribution in [3.63, 3.8) is 0 Å². The number of aromatic nitrogens is 1. The van der Waals surface area contributed by atoms with Crippen LogP contribution in [0.2, 0.25) is 0 Å². The van der Waals surface area contributed by atoms with Gasteiger partial charge < -0.3 is 5.32 Å². The van der Waals surface area contributed by atoms with E-state index in [1.54, 1.807) is 0 Å². The van der Waals surface area contributed by atoms with Crippen molar-refractivity contribution in [2.45, 2.75) is 57.2 Å². The summed E-state index contributed by atoms with van der Waals surface area (Å²) in [7, 11) is 0. The normalized spacial score (nSPS) is 26.5. The maximum absolute atomic E-state index is 12.4. The van der Waals surface area contributed by atoms with Crippen LogP contribution in [-0.2, 0) is 11.3 Å². The molecule has 0 spiro atoms. The number of nitrogens with zero attached hydrogens (tertiary/aromatic N) is 3. The van der Waals surface area contributed by atoms with Gasteiger partial charge in [-0.1, -0.05) is 0 Å². The Morgan fingerprint density at radius 2 is 1.84 bits per heavy atom. The third kappa shape index (κ3) is 4.59. The summed E-state index contributed by atoms with van der Waals surface area (Å²) < 4.78 is 0. The highest BCUT2D eigenvalue weighted by Gasteiger charge is 2.33. The van der Waals surface area contributed by atoms with Crippen LogP contribution in [0.15, 0.2) is 24.5 Å². The van der Waals surface area contributed by atoms with Crippen molar-refractivity contribution < 1.29 is 4.79 Å². The van der Waals surface area contributed by atoms with E-state index in [1.165, 1.54) is 44.2 Å². The van der Waals surface area contributed by atoms with Crippen LogP contribution in [0.1, 0.15) is 44.1 Å². The zero-order chi connectivity index (χ0) is 17.1. The van der Waals surface area contributed by atoms with Crippen molar-refractivity contribution in [2.24, 2.45) is 5.92 Å². The second-order valence-corrected chi connectivity index (χ2v) is 7.98. The molecule has 1 atom stereocenters. The fourth-order valence-electron chi connectivity index (χ4n) is 4.29. The lowest BCUT2D eigenvalue weighted by Crippen LogP contribution is -2.50. The van der Waals surface area contributed by atoms with Gasteiger partial charge in [0, 0.05) is 37.6 Å². The zero-order valence-electron chi connectivity index (χ0n) is 15.1. The molecule has 0 aromatic carbocycles. The number of amides is 1. The van der Waals surface area contributed by atoms with Crippen LogP contribution in [0.25, 0.3) is 0 Å². The highest BCUT2D eigenvalue weighted by atomic mass is 16.2. The first-order chi connectivity index (χ1) is 12.3. The SMILES string of the molecule is O=C(NC1CC1)[C@@H]1CCCN(C2CCN(Cc3ccncc3)CC2)C1.